The van der Waals surface area contributed by atoms with Crippen molar-refractivity contribution in [3.63, 3.8) is 0 Å². The predicted molar refractivity (Wildman–Crippen MR) is 158 cm³/mol. The number of nitrogens with one attached hydrogen (secondary N) is 1. The van der Waals surface area contributed by atoms with Crippen LogP contribution in [0.1, 0.15) is 39.7 Å². The molecule has 0 fully saturated rings. The van der Waals surface area contributed by atoms with Gasteiger partial charge in [0.25, 0.3) is 10.0 Å². The summed E-state index contributed by atoms with van der Waals surface area (Å²) in [5, 5.41) is 2.94. The molecule has 8 nitrogen and oxygen atoms in total. The fraction of sp³-hybridized carbons (Fsp3) is 0.355. The van der Waals surface area contributed by atoms with Crippen LogP contribution in [0.5, 0.6) is 5.75 Å². The second-order valence-corrected chi connectivity index (χ2v) is 11.4. The summed E-state index contributed by atoms with van der Waals surface area (Å²) in [6.07, 6.45) is 1.26. The Morgan fingerprint density at radius 1 is 0.875 bits per heavy atom. The average Bonchev–Trinajstić information content (AvgIpc) is 2.97. The van der Waals surface area contributed by atoms with Gasteiger partial charge in [-0.3, -0.25) is 13.9 Å². The summed E-state index contributed by atoms with van der Waals surface area (Å²) in [5.41, 5.74) is 1.33. The Hall–Kier alpha value is -3.85. The topological polar surface area (TPSA) is 96.0 Å². The Labute approximate surface area is 238 Å². The van der Waals surface area contributed by atoms with Crippen molar-refractivity contribution in [3.8, 4) is 5.75 Å². The van der Waals surface area contributed by atoms with Crippen LogP contribution in [-0.4, -0.2) is 56.9 Å². The lowest BCUT2D eigenvalue weighted by atomic mass is 10.1. The van der Waals surface area contributed by atoms with E-state index in [-0.39, 0.29) is 23.4 Å². The zero-order chi connectivity index (χ0) is 29.1. The number of anilines is 1. The van der Waals surface area contributed by atoms with Gasteiger partial charge in [0.2, 0.25) is 11.8 Å². The van der Waals surface area contributed by atoms with Crippen LogP contribution in [0.25, 0.3) is 0 Å². The molecule has 0 aromatic heterocycles. The van der Waals surface area contributed by atoms with E-state index in [0.717, 1.165) is 16.3 Å². The van der Waals surface area contributed by atoms with Gasteiger partial charge in [0.15, 0.2) is 0 Å². The summed E-state index contributed by atoms with van der Waals surface area (Å²) in [4.78, 5) is 28.5. The standard InChI is InChI=1S/C31H39N3O5S/c1-5-24(3)32-31(36)25(4)33(22-21-26-13-9-7-10-14-26)30(35)23-34(27-17-19-28(20-18-27)39-6-2)40(37,38)29-15-11-8-12-16-29/h7-20,24-25H,5-6,21-23H2,1-4H3,(H,32,36). The maximum absolute atomic E-state index is 13.9. The van der Waals surface area contributed by atoms with Gasteiger partial charge < -0.3 is 15.0 Å². The van der Waals surface area contributed by atoms with Crippen LogP contribution in [0.2, 0.25) is 0 Å². The first kappa shape index (κ1) is 30.7. The molecule has 3 aromatic rings. The van der Waals surface area contributed by atoms with Crippen molar-refractivity contribution in [2.24, 2.45) is 0 Å². The molecule has 2 unspecified atom stereocenters. The fourth-order valence-corrected chi connectivity index (χ4v) is 5.59. The van der Waals surface area contributed by atoms with Crippen molar-refractivity contribution in [2.45, 2.75) is 57.5 Å². The van der Waals surface area contributed by atoms with Crippen molar-refractivity contribution >= 4 is 27.5 Å². The molecule has 0 bridgehead atoms. The number of hydrogen-bond donors (Lipinski definition) is 1. The molecule has 0 aliphatic rings. The van der Waals surface area contributed by atoms with E-state index in [9.17, 15) is 18.0 Å². The van der Waals surface area contributed by atoms with Crippen LogP contribution in [-0.2, 0) is 26.0 Å². The number of benzene rings is 3. The number of rotatable bonds is 14. The van der Waals surface area contributed by atoms with Crippen molar-refractivity contribution in [1.29, 1.82) is 0 Å². The molecule has 0 aliphatic carbocycles. The fourth-order valence-electron chi connectivity index (χ4n) is 4.16. The summed E-state index contributed by atoms with van der Waals surface area (Å²) < 4.78 is 34.2. The normalized spacial score (nSPS) is 12.7. The molecule has 1 N–H and O–H groups in total. The first-order chi connectivity index (χ1) is 19.2. The lowest BCUT2D eigenvalue weighted by Crippen LogP contribution is -2.53. The van der Waals surface area contributed by atoms with E-state index in [1.54, 1.807) is 49.4 Å². The SMILES string of the molecule is CCOc1ccc(N(CC(=O)N(CCc2ccccc2)C(C)C(=O)NC(C)CC)S(=O)(=O)c2ccccc2)cc1. The first-order valence-corrected chi connectivity index (χ1v) is 15.1. The molecule has 9 heteroatoms. The summed E-state index contributed by atoms with van der Waals surface area (Å²) in [6, 6.07) is 23.4. The number of carbonyl (C=O) groups excluding carboxylic acids is 2. The number of amides is 2. The second kappa shape index (κ2) is 14.5. The van der Waals surface area contributed by atoms with E-state index in [1.165, 1.54) is 17.0 Å². The van der Waals surface area contributed by atoms with E-state index in [2.05, 4.69) is 5.32 Å². The molecule has 214 valence electrons. The maximum Gasteiger partial charge on any atom is 0.264 e. The summed E-state index contributed by atoms with van der Waals surface area (Å²) in [6.45, 7) is 7.66. The van der Waals surface area contributed by atoms with Gasteiger partial charge in [0.05, 0.1) is 17.2 Å². The van der Waals surface area contributed by atoms with E-state index < -0.39 is 28.5 Å². The van der Waals surface area contributed by atoms with Gasteiger partial charge in [-0.1, -0.05) is 55.5 Å². The first-order valence-electron chi connectivity index (χ1n) is 13.6. The van der Waals surface area contributed by atoms with Crippen LogP contribution in [0, 0.1) is 0 Å². The second-order valence-electron chi connectivity index (χ2n) is 9.57. The third-order valence-corrected chi connectivity index (χ3v) is 8.49. The highest BCUT2D eigenvalue weighted by Gasteiger charge is 2.32. The maximum atomic E-state index is 13.9. The van der Waals surface area contributed by atoms with E-state index >= 15 is 0 Å². The zero-order valence-electron chi connectivity index (χ0n) is 23.6. The van der Waals surface area contributed by atoms with Crippen LogP contribution in [0.3, 0.4) is 0 Å². The quantitative estimate of drug-likeness (QED) is 0.307. The molecule has 0 spiro atoms. The molecule has 0 heterocycles. The molecular weight excluding hydrogens is 526 g/mol. The zero-order valence-corrected chi connectivity index (χ0v) is 24.4. The number of carbonyl (C=O) groups is 2. The minimum atomic E-state index is -4.10. The molecule has 0 saturated heterocycles. The molecule has 40 heavy (non-hydrogen) atoms. The number of ether oxygens (including phenoxy) is 1. The Morgan fingerprint density at radius 3 is 2.05 bits per heavy atom. The molecule has 0 radical (unpaired) electrons. The highest BCUT2D eigenvalue weighted by Crippen LogP contribution is 2.26. The van der Waals surface area contributed by atoms with Gasteiger partial charge in [-0.15, -0.1) is 0 Å². The third-order valence-electron chi connectivity index (χ3n) is 6.70. The van der Waals surface area contributed by atoms with Gasteiger partial charge in [-0.25, -0.2) is 8.42 Å². The van der Waals surface area contributed by atoms with Gasteiger partial charge in [0.1, 0.15) is 18.3 Å². The monoisotopic (exact) mass is 565 g/mol. The lowest BCUT2D eigenvalue weighted by molar-refractivity contribution is -0.139. The van der Waals surface area contributed by atoms with Crippen molar-refractivity contribution in [3.05, 3.63) is 90.5 Å². The molecule has 2 amide bonds. The molecule has 2 atom stereocenters. The third kappa shape index (κ3) is 8.08. The minimum Gasteiger partial charge on any atom is -0.494 e. The van der Waals surface area contributed by atoms with Crippen LogP contribution in [0.15, 0.2) is 89.8 Å². The Balaban J connectivity index is 1.96. The van der Waals surface area contributed by atoms with E-state index in [1.807, 2.05) is 51.1 Å². The highest BCUT2D eigenvalue weighted by molar-refractivity contribution is 7.92. The minimum absolute atomic E-state index is 0.0557. The van der Waals surface area contributed by atoms with E-state index in [4.69, 9.17) is 4.74 Å². The van der Waals surface area contributed by atoms with Crippen LogP contribution >= 0.6 is 0 Å². The summed E-state index contributed by atoms with van der Waals surface area (Å²) in [5.74, 6) is -0.167. The van der Waals surface area contributed by atoms with Gasteiger partial charge in [0, 0.05) is 12.6 Å². The lowest BCUT2D eigenvalue weighted by Gasteiger charge is -2.32. The van der Waals surface area contributed by atoms with Gasteiger partial charge >= 0.3 is 0 Å². The molecule has 3 aromatic carbocycles. The summed E-state index contributed by atoms with van der Waals surface area (Å²) in [7, 11) is -4.10. The highest BCUT2D eigenvalue weighted by atomic mass is 32.2. The van der Waals surface area contributed by atoms with Crippen LogP contribution in [0.4, 0.5) is 5.69 Å². The van der Waals surface area contributed by atoms with Crippen LogP contribution < -0.4 is 14.4 Å². The van der Waals surface area contributed by atoms with Gasteiger partial charge in [-0.05, 0) is 75.6 Å². The Bertz CT molecular complexity index is 1330. The Kier molecular flexibility index (Phi) is 11.1. The molecular formula is C31H39N3O5S. The molecule has 0 saturated carbocycles. The smallest absolute Gasteiger partial charge is 0.264 e. The van der Waals surface area contributed by atoms with Crippen molar-refractivity contribution in [2.75, 3.05) is 24.0 Å². The van der Waals surface area contributed by atoms with E-state index in [0.29, 0.717) is 24.5 Å². The average molecular weight is 566 g/mol. The largest absolute Gasteiger partial charge is 0.494 e. The van der Waals surface area contributed by atoms with Crippen molar-refractivity contribution < 1.29 is 22.7 Å². The predicted octanol–water partition coefficient (Wildman–Crippen LogP) is 4.66. The molecule has 0 aliphatic heterocycles. The van der Waals surface area contributed by atoms with Gasteiger partial charge in [-0.2, -0.15) is 0 Å². The Morgan fingerprint density at radius 2 is 1.48 bits per heavy atom. The van der Waals surface area contributed by atoms with Crippen molar-refractivity contribution in [1.82, 2.24) is 10.2 Å². The number of hydrogen-bond acceptors (Lipinski definition) is 5. The number of sulfonamides is 1. The molecule has 3 rings (SSSR count). The summed E-state index contributed by atoms with van der Waals surface area (Å²) >= 11 is 0. The number of nitrogens with zero attached hydrogens (tertiary/aromatic N) is 2.